The molecule has 0 aromatic heterocycles. The molecule has 0 amide bonds. The van der Waals surface area contributed by atoms with Crippen LogP contribution in [0, 0.1) is 0 Å². The van der Waals surface area contributed by atoms with Crippen molar-refractivity contribution in [3.05, 3.63) is 71.8 Å². The monoisotopic (exact) mass is 236 g/mol. The molecule has 2 aromatic rings. The van der Waals surface area contributed by atoms with Gasteiger partial charge in [-0.15, -0.1) is 0 Å². The zero-order valence-corrected chi connectivity index (χ0v) is 10.4. The summed E-state index contributed by atoms with van der Waals surface area (Å²) in [6.07, 6.45) is 0.0681. The van der Waals surface area contributed by atoms with Crippen molar-refractivity contribution in [3.8, 4) is 0 Å². The van der Waals surface area contributed by atoms with Crippen molar-refractivity contribution in [2.24, 2.45) is 0 Å². The van der Waals surface area contributed by atoms with Gasteiger partial charge >= 0.3 is 0 Å². The lowest BCUT2D eigenvalue weighted by atomic mass is 9.68. The first-order valence-electron chi connectivity index (χ1n) is 6.19. The molecule has 3 heteroatoms. The molecule has 2 aromatic carbocycles. The van der Waals surface area contributed by atoms with Gasteiger partial charge in [0.25, 0.3) is 7.41 Å². The van der Waals surface area contributed by atoms with Crippen LogP contribution in [0.5, 0.6) is 0 Å². The van der Waals surface area contributed by atoms with Crippen molar-refractivity contribution in [2.75, 3.05) is 7.05 Å². The van der Waals surface area contributed by atoms with Gasteiger partial charge in [-0.05, 0) is 18.2 Å². The SMILES string of the molecule is CN1[B][C@@H](c2ccccc2)[C@H](c2ccccc2)O1. The van der Waals surface area contributed by atoms with Crippen LogP contribution in [-0.2, 0) is 4.84 Å². The Morgan fingerprint density at radius 1 is 0.889 bits per heavy atom. The summed E-state index contributed by atoms with van der Waals surface area (Å²) in [4.78, 5) is 7.71. The van der Waals surface area contributed by atoms with Gasteiger partial charge in [0.05, 0.1) is 0 Å². The quantitative estimate of drug-likeness (QED) is 0.743. The van der Waals surface area contributed by atoms with Gasteiger partial charge in [-0.25, -0.2) is 4.97 Å². The number of hydroxylamine groups is 1. The van der Waals surface area contributed by atoms with E-state index in [2.05, 4.69) is 55.9 Å². The third kappa shape index (κ3) is 2.19. The van der Waals surface area contributed by atoms with Crippen LogP contribution in [0.2, 0.25) is 0 Å². The van der Waals surface area contributed by atoms with E-state index >= 15 is 0 Å². The molecule has 2 atom stereocenters. The summed E-state index contributed by atoms with van der Waals surface area (Å²) in [6, 6.07) is 20.9. The van der Waals surface area contributed by atoms with Gasteiger partial charge in [0, 0.05) is 5.82 Å². The molecule has 0 N–H and O–H groups in total. The molecule has 89 valence electrons. The first-order chi connectivity index (χ1) is 8.84. The number of rotatable bonds is 2. The molecule has 1 radical (unpaired) electrons. The Morgan fingerprint density at radius 3 is 2.06 bits per heavy atom. The molecule has 1 aliphatic heterocycles. The molecule has 18 heavy (non-hydrogen) atoms. The van der Waals surface area contributed by atoms with Crippen LogP contribution in [0.3, 0.4) is 0 Å². The minimum Gasteiger partial charge on any atom is -0.304 e. The lowest BCUT2D eigenvalue weighted by Crippen LogP contribution is -2.16. The molecule has 2 nitrogen and oxygen atoms in total. The van der Waals surface area contributed by atoms with Crippen molar-refractivity contribution in [1.82, 2.24) is 4.97 Å². The molecule has 0 unspecified atom stereocenters. The Balaban J connectivity index is 1.93. The van der Waals surface area contributed by atoms with Crippen LogP contribution in [0.15, 0.2) is 60.7 Å². The lowest BCUT2D eigenvalue weighted by Gasteiger charge is -2.18. The standard InChI is InChI=1S/C15H15BNO/c1-17-16-14(12-8-4-2-5-9-12)15(18-17)13-10-6-3-7-11-13/h2-11,14-15H,1H3/t14-,15-/m0/s1. The number of hydrogen-bond donors (Lipinski definition) is 0. The van der Waals surface area contributed by atoms with Gasteiger partial charge in [0.1, 0.15) is 6.10 Å². The van der Waals surface area contributed by atoms with Crippen LogP contribution in [0.1, 0.15) is 23.0 Å². The van der Waals surface area contributed by atoms with E-state index in [0.29, 0.717) is 0 Å². The predicted octanol–water partition coefficient (Wildman–Crippen LogP) is 2.97. The molecule has 0 aliphatic carbocycles. The second kappa shape index (κ2) is 4.97. The molecule has 3 rings (SSSR count). The van der Waals surface area contributed by atoms with Crippen molar-refractivity contribution in [2.45, 2.75) is 11.9 Å². The Morgan fingerprint density at radius 2 is 1.44 bits per heavy atom. The first-order valence-corrected chi connectivity index (χ1v) is 6.19. The van der Waals surface area contributed by atoms with Gasteiger partial charge in [0.2, 0.25) is 0 Å². The van der Waals surface area contributed by atoms with E-state index in [4.69, 9.17) is 4.84 Å². The minimum atomic E-state index is 0.0681. The Labute approximate surface area is 108 Å². The van der Waals surface area contributed by atoms with E-state index in [0.717, 1.165) is 0 Å². The molecule has 1 aliphatic rings. The fraction of sp³-hybridized carbons (Fsp3) is 0.200. The second-order valence-corrected chi connectivity index (χ2v) is 4.57. The van der Waals surface area contributed by atoms with E-state index in [9.17, 15) is 0 Å². The zero-order valence-electron chi connectivity index (χ0n) is 10.4. The lowest BCUT2D eigenvalue weighted by molar-refractivity contribution is -0.0961. The summed E-state index contributed by atoms with van der Waals surface area (Å²) in [5.74, 6) is 0.276. The number of hydrogen-bond acceptors (Lipinski definition) is 2. The molecule has 1 saturated heterocycles. The fourth-order valence-electron chi connectivity index (χ4n) is 2.43. The third-order valence-electron chi connectivity index (χ3n) is 3.29. The maximum absolute atomic E-state index is 5.89. The van der Waals surface area contributed by atoms with Crippen molar-refractivity contribution < 1.29 is 4.84 Å². The Bertz CT molecular complexity index is 455. The fourth-order valence-corrected chi connectivity index (χ4v) is 2.43. The van der Waals surface area contributed by atoms with Crippen molar-refractivity contribution >= 4 is 7.41 Å². The van der Waals surface area contributed by atoms with Gasteiger partial charge < -0.3 is 4.84 Å². The molecule has 1 fully saturated rings. The summed E-state index contributed by atoms with van der Waals surface area (Å²) >= 11 is 0. The second-order valence-electron chi connectivity index (χ2n) is 4.57. The summed E-state index contributed by atoms with van der Waals surface area (Å²) in [7, 11) is 4.08. The molecule has 1 heterocycles. The molecular weight excluding hydrogens is 221 g/mol. The third-order valence-corrected chi connectivity index (χ3v) is 3.29. The maximum atomic E-state index is 5.89. The van der Waals surface area contributed by atoms with E-state index in [1.165, 1.54) is 11.1 Å². The predicted molar refractivity (Wildman–Crippen MR) is 73.0 cm³/mol. The molecular formula is C15H15BNO. The van der Waals surface area contributed by atoms with E-state index in [-0.39, 0.29) is 11.9 Å². The minimum absolute atomic E-state index is 0.0681. The van der Waals surface area contributed by atoms with Gasteiger partial charge in [-0.3, -0.25) is 0 Å². The smallest absolute Gasteiger partial charge is 0.257 e. The largest absolute Gasteiger partial charge is 0.304 e. The van der Waals surface area contributed by atoms with Crippen LogP contribution >= 0.6 is 0 Å². The van der Waals surface area contributed by atoms with Crippen molar-refractivity contribution in [3.63, 3.8) is 0 Å². The summed E-state index contributed by atoms with van der Waals surface area (Å²) < 4.78 is 0. The highest BCUT2D eigenvalue weighted by Gasteiger charge is 2.35. The first kappa shape index (κ1) is 11.5. The molecule has 0 spiro atoms. The maximum Gasteiger partial charge on any atom is 0.257 e. The Hall–Kier alpha value is -1.58. The average Bonchev–Trinajstić information content (AvgIpc) is 2.83. The highest BCUT2D eigenvalue weighted by Crippen LogP contribution is 2.38. The summed E-state index contributed by atoms with van der Waals surface area (Å²) in [5, 5.41) is 0. The van der Waals surface area contributed by atoms with E-state index in [1.807, 2.05) is 24.2 Å². The normalized spacial score (nSPS) is 23.8. The molecule has 0 saturated carbocycles. The van der Waals surface area contributed by atoms with Gasteiger partial charge in [-0.1, -0.05) is 60.7 Å². The highest BCUT2D eigenvalue weighted by molar-refractivity contribution is 6.35. The number of benzene rings is 2. The molecule has 0 bridgehead atoms. The van der Waals surface area contributed by atoms with Crippen LogP contribution in [-0.4, -0.2) is 19.4 Å². The van der Waals surface area contributed by atoms with Crippen LogP contribution in [0.4, 0.5) is 0 Å². The highest BCUT2D eigenvalue weighted by atomic mass is 16.7. The van der Waals surface area contributed by atoms with Gasteiger partial charge in [0.15, 0.2) is 0 Å². The van der Waals surface area contributed by atoms with Crippen LogP contribution in [0.25, 0.3) is 0 Å². The van der Waals surface area contributed by atoms with Gasteiger partial charge in [-0.2, -0.15) is 0 Å². The Kier molecular flexibility index (Phi) is 3.18. The summed E-state index contributed by atoms with van der Waals surface area (Å²) in [6.45, 7) is 0. The van der Waals surface area contributed by atoms with Crippen molar-refractivity contribution in [1.29, 1.82) is 0 Å². The topological polar surface area (TPSA) is 12.5 Å². The van der Waals surface area contributed by atoms with E-state index in [1.54, 1.807) is 0 Å². The summed E-state index contributed by atoms with van der Waals surface area (Å²) in [5.41, 5.74) is 2.50. The van der Waals surface area contributed by atoms with E-state index < -0.39 is 0 Å². The van der Waals surface area contributed by atoms with Crippen LogP contribution < -0.4 is 0 Å². The number of nitrogens with zero attached hydrogens (tertiary/aromatic N) is 1. The zero-order chi connectivity index (χ0) is 12.4. The average molecular weight is 236 g/mol.